The van der Waals surface area contributed by atoms with Crippen LogP contribution in [0.15, 0.2) is 55.3 Å². The molecule has 3 aromatic rings. The van der Waals surface area contributed by atoms with Crippen molar-refractivity contribution >= 4 is 69.5 Å². The van der Waals surface area contributed by atoms with Gasteiger partial charge in [0.2, 0.25) is 11.9 Å². The molecule has 0 radical (unpaired) electrons. The van der Waals surface area contributed by atoms with Gasteiger partial charge < -0.3 is 25.8 Å². The van der Waals surface area contributed by atoms with Gasteiger partial charge in [-0.25, -0.2) is 4.98 Å². The van der Waals surface area contributed by atoms with Crippen molar-refractivity contribution in [2.24, 2.45) is 0 Å². The summed E-state index contributed by atoms with van der Waals surface area (Å²) in [4.78, 5) is 24.8. The minimum atomic E-state index is -0.272. The van der Waals surface area contributed by atoms with Gasteiger partial charge in [-0.2, -0.15) is 4.98 Å². The van der Waals surface area contributed by atoms with Crippen LogP contribution in [0.25, 0.3) is 0 Å². The summed E-state index contributed by atoms with van der Waals surface area (Å²) in [5.41, 5.74) is 3.10. The molecule has 0 spiro atoms. The fourth-order valence-electron chi connectivity index (χ4n) is 3.79. The number of nitrogens with one attached hydrogen (secondary N) is 3. The molecule has 2 heterocycles. The third-order valence-corrected chi connectivity index (χ3v) is 6.53. The van der Waals surface area contributed by atoms with E-state index in [1.54, 1.807) is 6.07 Å². The number of nitrogens with zero attached hydrogens (tertiary/aromatic N) is 4. The number of anilines is 5. The smallest absolute Gasteiger partial charge is 0.247 e. The highest BCUT2D eigenvalue weighted by atomic mass is 35.5. The Morgan fingerprint density at radius 2 is 1.78 bits per heavy atom. The molecule has 0 saturated carbocycles. The molecular weight excluding hydrogens is 521 g/mol. The molecule has 1 amide bonds. The van der Waals surface area contributed by atoms with Crippen molar-refractivity contribution < 1.29 is 4.79 Å². The van der Waals surface area contributed by atoms with E-state index in [9.17, 15) is 4.79 Å². The third-order valence-electron chi connectivity index (χ3n) is 5.68. The van der Waals surface area contributed by atoms with Crippen molar-refractivity contribution in [3.05, 3.63) is 75.9 Å². The summed E-state index contributed by atoms with van der Waals surface area (Å²) in [5.74, 6) is 0.528. The summed E-state index contributed by atoms with van der Waals surface area (Å²) in [6.07, 6.45) is 2.74. The van der Waals surface area contributed by atoms with E-state index in [1.807, 2.05) is 30.3 Å². The van der Waals surface area contributed by atoms with Crippen molar-refractivity contribution in [3.63, 3.8) is 0 Å². The van der Waals surface area contributed by atoms with Crippen LogP contribution in [0.2, 0.25) is 15.1 Å². The lowest BCUT2D eigenvalue weighted by Crippen LogP contribution is -2.44. The lowest BCUT2D eigenvalue weighted by molar-refractivity contribution is -0.111. The quantitative estimate of drug-likeness (QED) is 0.314. The molecule has 1 saturated heterocycles. The second kappa shape index (κ2) is 11.8. The summed E-state index contributed by atoms with van der Waals surface area (Å²) in [6, 6.07) is 11.1. The topological polar surface area (TPSA) is 85.4 Å². The number of amides is 1. The first-order valence-electron chi connectivity index (χ1n) is 11.3. The van der Waals surface area contributed by atoms with Crippen molar-refractivity contribution in [1.29, 1.82) is 0 Å². The summed E-state index contributed by atoms with van der Waals surface area (Å²) >= 11 is 19.5. The number of hydrogen-bond acceptors (Lipinski definition) is 7. The van der Waals surface area contributed by atoms with Gasteiger partial charge >= 0.3 is 0 Å². The molecule has 0 bridgehead atoms. The Kier molecular flexibility index (Phi) is 8.53. The van der Waals surface area contributed by atoms with Gasteiger partial charge in [0.05, 0.1) is 21.9 Å². The molecule has 0 unspecified atom stereocenters. The molecule has 36 heavy (non-hydrogen) atoms. The first-order chi connectivity index (χ1) is 17.3. The maximum atomic E-state index is 11.6. The zero-order valence-electron chi connectivity index (χ0n) is 19.7. The van der Waals surface area contributed by atoms with Gasteiger partial charge in [-0.1, -0.05) is 53.5 Å². The van der Waals surface area contributed by atoms with Gasteiger partial charge in [-0.15, -0.1) is 0 Å². The van der Waals surface area contributed by atoms with Gasteiger partial charge in [-0.05, 0) is 43.0 Å². The minimum absolute atomic E-state index is 0.272. The number of piperazine rings is 1. The molecule has 8 nitrogen and oxygen atoms in total. The Balaban J connectivity index is 1.45. The molecule has 188 valence electrons. The van der Waals surface area contributed by atoms with Gasteiger partial charge in [0.15, 0.2) is 5.82 Å². The molecule has 4 rings (SSSR count). The largest absolute Gasteiger partial charge is 0.367 e. The number of rotatable bonds is 8. The molecular formula is C25H26Cl3N7O. The normalized spacial score (nSPS) is 13.8. The number of benzene rings is 2. The van der Waals surface area contributed by atoms with Gasteiger partial charge in [0.1, 0.15) is 5.02 Å². The highest BCUT2D eigenvalue weighted by Crippen LogP contribution is 2.38. The Morgan fingerprint density at radius 3 is 2.47 bits per heavy atom. The molecule has 0 aliphatic carbocycles. The Morgan fingerprint density at radius 1 is 1.06 bits per heavy atom. The molecule has 1 fully saturated rings. The fourth-order valence-corrected chi connectivity index (χ4v) is 4.67. The summed E-state index contributed by atoms with van der Waals surface area (Å²) in [5, 5.41) is 10.6. The average molecular weight is 547 g/mol. The van der Waals surface area contributed by atoms with E-state index >= 15 is 0 Å². The van der Waals surface area contributed by atoms with E-state index in [1.165, 1.54) is 12.3 Å². The van der Waals surface area contributed by atoms with Crippen molar-refractivity contribution in [1.82, 2.24) is 14.9 Å². The average Bonchev–Trinajstić information content (AvgIpc) is 2.85. The second-order valence-electron chi connectivity index (χ2n) is 8.34. The van der Waals surface area contributed by atoms with E-state index in [4.69, 9.17) is 34.8 Å². The standard InChI is InChI=1S/C25H26Cl3N7O/c1-3-22(36)31-17-6-4-5-16(11-17)14-29-24-21(28)15-30-25(33-24)32-18-12-19(26)23(20(27)13-18)35-9-7-34(2)8-10-35/h3-6,11-13,15H,1,7-10,14H2,2H3,(H,31,36)(H2,29,30,32,33). The van der Waals surface area contributed by atoms with E-state index in [2.05, 4.69) is 49.3 Å². The van der Waals surface area contributed by atoms with Gasteiger partial charge in [0.25, 0.3) is 0 Å². The number of carbonyl (C=O) groups is 1. The number of halogens is 3. The molecule has 2 aromatic carbocycles. The van der Waals surface area contributed by atoms with Crippen molar-refractivity contribution in [3.8, 4) is 0 Å². The highest BCUT2D eigenvalue weighted by molar-refractivity contribution is 6.39. The van der Waals surface area contributed by atoms with Crippen LogP contribution < -0.4 is 20.9 Å². The monoisotopic (exact) mass is 545 g/mol. The Hall–Kier alpha value is -3.04. The van der Waals surface area contributed by atoms with E-state index < -0.39 is 0 Å². The summed E-state index contributed by atoms with van der Waals surface area (Å²) < 4.78 is 0. The van der Waals surface area contributed by atoms with Crippen molar-refractivity contribution in [2.45, 2.75) is 6.54 Å². The first kappa shape index (κ1) is 26.0. The molecule has 3 N–H and O–H groups in total. The highest BCUT2D eigenvalue weighted by Gasteiger charge is 2.20. The van der Waals surface area contributed by atoms with E-state index in [-0.39, 0.29) is 5.91 Å². The van der Waals surface area contributed by atoms with Crippen LogP contribution in [0.1, 0.15) is 5.56 Å². The molecule has 0 atom stereocenters. The van der Waals surface area contributed by atoms with Crippen LogP contribution in [0, 0.1) is 0 Å². The van der Waals surface area contributed by atoms with Crippen LogP contribution in [-0.2, 0) is 11.3 Å². The lowest BCUT2D eigenvalue weighted by atomic mass is 10.2. The molecule has 1 aliphatic heterocycles. The first-order valence-corrected chi connectivity index (χ1v) is 12.4. The maximum Gasteiger partial charge on any atom is 0.247 e. The van der Waals surface area contributed by atoms with Crippen LogP contribution in [0.3, 0.4) is 0 Å². The third kappa shape index (κ3) is 6.59. The maximum absolute atomic E-state index is 11.6. The van der Waals surface area contributed by atoms with Crippen LogP contribution in [-0.4, -0.2) is 54.0 Å². The summed E-state index contributed by atoms with van der Waals surface area (Å²) in [6.45, 7) is 7.53. The van der Waals surface area contributed by atoms with Gasteiger partial charge in [0, 0.05) is 44.1 Å². The number of likely N-dealkylation sites (N-methyl/N-ethyl adjacent to an activating group) is 1. The van der Waals surface area contributed by atoms with Crippen LogP contribution in [0.4, 0.5) is 28.8 Å². The number of hydrogen-bond donors (Lipinski definition) is 3. The molecule has 1 aliphatic rings. The van der Waals surface area contributed by atoms with Gasteiger partial charge in [-0.3, -0.25) is 4.79 Å². The Bertz CT molecular complexity index is 1240. The number of carbonyl (C=O) groups excluding carboxylic acids is 1. The van der Waals surface area contributed by atoms with E-state index in [0.29, 0.717) is 44.8 Å². The van der Waals surface area contributed by atoms with Crippen molar-refractivity contribution in [2.75, 3.05) is 54.1 Å². The van der Waals surface area contributed by atoms with Crippen LogP contribution in [0.5, 0.6) is 0 Å². The molecule has 11 heteroatoms. The lowest BCUT2D eigenvalue weighted by Gasteiger charge is -2.35. The van der Waals surface area contributed by atoms with E-state index in [0.717, 1.165) is 37.4 Å². The van der Waals surface area contributed by atoms with Crippen LogP contribution >= 0.6 is 34.8 Å². The zero-order chi connectivity index (χ0) is 25.7. The zero-order valence-corrected chi connectivity index (χ0v) is 22.0. The molecule has 1 aromatic heterocycles. The predicted octanol–water partition coefficient (Wildman–Crippen LogP) is 5.67. The minimum Gasteiger partial charge on any atom is -0.367 e. The second-order valence-corrected chi connectivity index (χ2v) is 9.56. The number of aromatic nitrogens is 2. The SMILES string of the molecule is C=CC(=O)Nc1cccc(CNc2nc(Nc3cc(Cl)c(N4CCN(C)CC4)c(Cl)c3)ncc2Cl)c1. The fraction of sp³-hybridized carbons (Fsp3) is 0.240. The Labute approximate surface area is 225 Å². The summed E-state index contributed by atoms with van der Waals surface area (Å²) in [7, 11) is 2.10. The predicted molar refractivity (Wildman–Crippen MR) is 149 cm³/mol.